The molecule has 0 saturated heterocycles. The zero-order chi connectivity index (χ0) is 29.5. The Morgan fingerprint density at radius 1 is 1.00 bits per heavy atom. The molecule has 4 aliphatic rings. The van der Waals surface area contributed by atoms with E-state index in [2.05, 4.69) is 0 Å². The number of methoxy groups -OCH3 is 1. The number of rotatable bonds is 6. The van der Waals surface area contributed by atoms with Gasteiger partial charge in [0, 0.05) is 66.4 Å². The van der Waals surface area contributed by atoms with E-state index in [1.807, 2.05) is 20.8 Å². The zero-order valence-electron chi connectivity index (χ0n) is 24.5. The number of carbonyl (C=O) groups excluding carboxylic acids is 6. The van der Waals surface area contributed by atoms with Crippen molar-refractivity contribution in [2.75, 3.05) is 7.11 Å². The first-order valence-electron chi connectivity index (χ1n) is 14.0. The van der Waals surface area contributed by atoms with E-state index >= 15 is 0 Å². The number of allylic oxidation sites excluding steroid dienone is 2. The first kappa shape index (κ1) is 29.5. The van der Waals surface area contributed by atoms with Crippen molar-refractivity contribution in [3.8, 4) is 0 Å². The van der Waals surface area contributed by atoms with Crippen LogP contribution < -0.4 is 0 Å². The summed E-state index contributed by atoms with van der Waals surface area (Å²) < 4.78 is 4.70. The maximum absolute atomic E-state index is 14.1. The molecule has 0 spiro atoms. The second-order valence-electron chi connectivity index (χ2n) is 14.0. The topological polar surface area (TPSA) is 132 Å². The summed E-state index contributed by atoms with van der Waals surface area (Å²) in [6.45, 7) is 12.3. The van der Waals surface area contributed by atoms with E-state index in [4.69, 9.17) is 4.74 Å². The van der Waals surface area contributed by atoms with Crippen molar-refractivity contribution >= 4 is 34.9 Å². The molecule has 0 radical (unpaired) electrons. The maximum Gasteiger partial charge on any atom is 0.308 e. The van der Waals surface area contributed by atoms with Gasteiger partial charge in [-0.3, -0.25) is 28.8 Å². The average Bonchev–Trinajstić information content (AvgIpc) is 3.03. The second-order valence-corrected chi connectivity index (χ2v) is 14.0. The lowest BCUT2D eigenvalue weighted by Crippen LogP contribution is -2.60. The van der Waals surface area contributed by atoms with Crippen LogP contribution in [0.15, 0.2) is 11.1 Å². The molecule has 2 unspecified atom stereocenters. The minimum Gasteiger partial charge on any atom is -0.469 e. The van der Waals surface area contributed by atoms with Crippen LogP contribution in [0.4, 0.5) is 0 Å². The molecule has 8 heteroatoms. The summed E-state index contributed by atoms with van der Waals surface area (Å²) in [6.07, 6.45) is 0.342. The van der Waals surface area contributed by atoms with Crippen LogP contribution in [0.5, 0.6) is 0 Å². The van der Waals surface area contributed by atoms with Gasteiger partial charge < -0.3 is 9.84 Å². The predicted octanol–water partition coefficient (Wildman–Crippen LogP) is 3.75. The molecule has 0 aliphatic heterocycles. The van der Waals surface area contributed by atoms with Crippen molar-refractivity contribution in [1.82, 2.24) is 0 Å². The van der Waals surface area contributed by atoms with Crippen LogP contribution in [-0.2, 0) is 33.5 Å². The third kappa shape index (κ3) is 3.95. The Morgan fingerprint density at radius 3 is 2.21 bits per heavy atom. The van der Waals surface area contributed by atoms with E-state index in [1.165, 1.54) is 14.0 Å². The molecule has 1 N–H and O–H groups in total. The van der Waals surface area contributed by atoms with Crippen LogP contribution in [0.25, 0.3) is 0 Å². The summed E-state index contributed by atoms with van der Waals surface area (Å²) >= 11 is 0. The Balaban J connectivity index is 1.77. The summed E-state index contributed by atoms with van der Waals surface area (Å²) in [6, 6.07) is 0. The van der Waals surface area contributed by atoms with Crippen LogP contribution in [0.3, 0.4) is 0 Å². The van der Waals surface area contributed by atoms with Gasteiger partial charge in [0.05, 0.1) is 24.0 Å². The van der Waals surface area contributed by atoms with Crippen LogP contribution >= 0.6 is 0 Å². The summed E-state index contributed by atoms with van der Waals surface area (Å²) in [4.78, 5) is 79.4. The molecule has 0 heterocycles. The van der Waals surface area contributed by atoms with Crippen molar-refractivity contribution in [3.63, 3.8) is 0 Å². The number of carbonyl (C=O) groups is 6. The van der Waals surface area contributed by atoms with Gasteiger partial charge in [0.2, 0.25) is 0 Å². The molecule has 0 aromatic rings. The molecule has 0 amide bonds. The lowest BCUT2D eigenvalue weighted by Gasteiger charge is -2.58. The number of ether oxygens (including phenoxy) is 1. The Kier molecular flexibility index (Phi) is 6.82. The first-order valence-corrected chi connectivity index (χ1v) is 14.0. The van der Waals surface area contributed by atoms with Gasteiger partial charge in [-0.2, -0.15) is 0 Å². The highest BCUT2D eigenvalue weighted by Crippen LogP contribution is 2.70. The Morgan fingerprint density at radius 2 is 1.62 bits per heavy atom. The number of fused-ring (bicyclic) bond motifs is 4. The van der Waals surface area contributed by atoms with Gasteiger partial charge in [-0.25, -0.2) is 0 Å². The smallest absolute Gasteiger partial charge is 0.308 e. The molecule has 39 heavy (non-hydrogen) atoms. The van der Waals surface area contributed by atoms with E-state index in [-0.39, 0.29) is 72.5 Å². The molecule has 8 nitrogen and oxygen atoms in total. The summed E-state index contributed by atoms with van der Waals surface area (Å²) in [5.41, 5.74) is -4.84. The third-order valence-corrected chi connectivity index (χ3v) is 11.3. The van der Waals surface area contributed by atoms with Gasteiger partial charge in [0.15, 0.2) is 11.6 Å². The highest BCUT2D eigenvalue weighted by Gasteiger charge is 2.72. The van der Waals surface area contributed by atoms with Crippen LogP contribution in [0.1, 0.15) is 93.4 Å². The van der Waals surface area contributed by atoms with Gasteiger partial charge in [0.25, 0.3) is 0 Å². The average molecular weight is 543 g/mol. The largest absolute Gasteiger partial charge is 0.469 e. The summed E-state index contributed by atoms with van der Waals surface area (Å²) in [5.74, 6) is -3.24. The molecule has 2 saturated carbocycles. The fraction of sp³-hybridized carbons (Fsp3) is 0.742. The van der Waals surface area contributed by atoms with Gasteiger partial charge >= 0.3 is 5.97 Å². The molecule has 4 rings (SSSR count). The number of Topliss-reactive ketones (excluding diaryl/α,β-unsaturated/α-hetero) is 5. The van der Waals surface area contributed by atoms with Crippen molar-refractivity contribution < 1.29 is 38.6 Å². The van der Waals surface area contributed by atoms with E-state index in [1.54, 1.807) is 20.8 Å². The van der Waals surface area contributed by atoms with Gasteiger partial charge in [-0.15, -0.1) is 0 Å². The highest BCUT2D eigenvalue weighted by atomic mass is 16.5. The predicted molar refractivity (Wildman–Crippen MR) is 141 cm³/mol. The number of hydrogen-bond donors (Lipinski definition) is 1. The SMILES string of the molecule is COC(=O)C(C)CC(=O)CC(C)(O)[C@H]1CC(=O)[C@@]2(C)C3=C(C(=O)C[C@]12C)[C@@]1(C)CCC(=O)C(C)(C)[C@H]1CC3=O. The van der Waals surface area contributed by atoms with E-state index in [9.17, 15) is 33.9 Å². The van der Waals surface area contributed by atoms with Crippen LogP contribution in [-0.4, -0.2) is 52.7 Å². The molecule has 7 atom stereocenters. The number of ketones is 5. The van der Waals surface area contributed by atoms with E-state index in [0.717, 1.165) is 0 Å². The standard InChI is InChI=1S/C31H42O8/c1-16(26(37)39-8)11-17(32)14-30(6,38)21-13-23(36)31(7)25-18(33)12-20-27(2,3)22(35)9-10-28(20,4)24(25)19(34)15-29(21,31)5/h16,20-21,38H,9-15H2,1-8H3/t16?,20-,21+,28+,29-,30?,31+/m1/s1. The fourth-order valence-electron chi connectivity index (χ4n) is 8.89. The maximum atomic E-state index is 14.1. The highest BCUT2D eigenvalue weighted by molar-refractivity contribution is 6.16. The molecular weight excluding hydrogens is 500 g/mol. The minimum absolute atomic E-state index is 0.0361. The van der Waals surface area contributed by atoms with E-state index < -0.39 is 45.1 Å². The van der Waals surface area contributed by atoms with Crippen molar-refractivity contribution in [2.45, 2.75) is 99.0 Å². The number of esters is 1. The monoisotopic (exact) mass is 542 g/mol. The summed E-state index contributed by atoms with van der Waals surface area (Å²) in [7, 11) is 1.25. The van der Waals surface area contributed by atoms with Crippen molar-refractivity contribution in [3.05, 3.63) is 11.1 Å². The van der Waals surface area contributed by atoms with E-state index in [0.29, 0.717) is 18.4 Å². The molecular formula is C31H42O8. The van der Waals surface area contributed by atoms with Gasteiger partial charge in [-0.1, -0.05) is 34.6 Å². The Hall–Kier alpha value is -2.48. The molecule has 2 fully saturated rings. The number of aliphatic hydroxyl groups is 1. The normalized spacial score (nSPS) is 38.0. The lowest BCUT2D eigenvalue weighted by atomic mass is 9.42. The molecule has 0 aromatic carbocycles. The fourth-order valence-corrected chi connectivity index (χ4v) is 8.89. The van der Waals surface area contributed by atoms with Gasteiger partial charge in [-0.05, 0) is 31.6 Å². The molecule has 214 valence electrons. The van der Waals surface area contributed by atoms with Crippen LogP contribution in [0.2, 0.25) is 0 Å². The minimum atomic E-state index is -1.64. The van der Waals surface area contributed by atoms with Crippen molar-refractivity contribution in [1.29, 1.82) is 0 Å². The molecule has 4 aliphatic carbocycles. The zero-order valence-corrected chi connectivity index (χ0v) is 24.5. The Bertz CT molecular complexity index is 1220. The quantitative estimate of drug-likeness (QED) is 0.502. The molecule has 0 aromatic heterocycles. The first-order chi connectivity index (χ1) is 17.8. The lowest BCUT2D eigenvalue weighted by molar-refractivity contribution is -0.150. The van der Waals surface area contributed by atoms with Crippen molar-refractivity contribution in [2.24, 2.45) is 39.4 Å². The summed E-state index contributed by atoms with van der Waals surface area (Å²) in [5, 5.41) is 11.7. The number of hydrogen-bond acceptors (Lipinski definition) is 8. The van der Waals surface area contributed by atoms with Crippen LogP contribution in [0, 0.1) is 39.4 Å². The second kappa shape index (κ2) is 9.02. The van der Waals surface area contributed by atoms with Gasteiger partial charge in [0.1, 0.15) is 17.3 Å². The molecule has 0 bridgehead atoms. The Labute approximate surface area is 230 Å². The third-order valence-electron chi connectivity index (χ3n) is 11.3.